The second-order valence-corrected chi connectivity index (χ2v) is 4.84. The monoisotopic (exact) mass is 290 g/mol. The van der Waals surface area contributed by atoms with E-state index in [0.717, 1.165) is 45.8 Å². The van der Waals surface area contributed by atoms with Gasteiger partial charge in [-0.1, -0.05) is 20.3 Å². The fourth-order valence-electron chi connectivity index (χ4n) is 1.49. The molecule has 0 heterocycles. The molecule has 0 aliphatic rings. The predicted molar refractivity (Wildman–Crippen MR) is 83.4 cm³/mol. The van der Waals surface area contributed by atoms with Crippen LogP contribution in [-0.4, -0.2) is 77.8 Å². The van der Waals surface area contributed by atoms with E-state index >= 15 is 0 Å². The van der Waals surface area contributed by atoms with Crippen LogP contribution >= 0.6 is 0 Å². The van der Waals surface area contributed by atoms with Gasteiger partial charge in [-0.25, -0.2) is 0 Å². The fraction of sp³-hybridized carbons (Fsp3) is 1.00. The lowest BCUT2D eigenvalue weighted by Gasteiger charge is -2.13. The van der Waals surface area contributed by atoms with E-state index in [9.17, 15) is 0 Å². The molecule has 0 bridgehead atoms. The van der Waals surface area contributed by atoms with Gasteiger partial charge in [0.05, 0.1) is 33.0 Å². The van der Waals surface area contributed by atoms with E-state index in [2.05, 4.69) is 31.1 Å². The Morgan fingerprint density at radius 3 is 2.00 bits per heavy atom. The first-order chi connectivity index (χ1) is 9.81. The van der Waals surface area contributed by atoms with Crippen LogP contribution in [0.3, 0.4) is 0 Å². The molecule has 0 aromatic rings. The van der Waals surface area contributed by atoms with Crippen LogP contribution in [0.1, 0.15) is 26.7 Å². The number of hydrogen-bond acceptors (Lipinski definition) is 5. The van der Waals surface area contributed by atoms with Crippen molar-refractivity contribution < 1.29 is 14.2 Å². The van der Waals surface area contributed by atoms with E-state index < -0.39 is 0 Å². The standard InChI is InChI=1S/C15H34N2O3/c1-4-6-10-18-12-14-20-15-13-19-11-8-16-7-9-17(3)5-2/h16H,4-15H2,1-3H3. The van der Waals surface area contributed by atoms with Crippen LogP contribution in [0.4, 0.5) is 0 Å². The maximum Gasteiger partial charge on any atom is 0.0701 e. The molecule has 0 unspecified atom stereocenters. The van der Waals surface area contributed by atoms with Gasteiger partial charge in [-0.15, -0.1) is 0 Å². The van der Waals surface area contributed by atoms with Gasteiger partial charge < -0.3 is 24.4 Å². The van der Waals surface area contributed by atoms with E-state index in [1.54, 1.807) is 0 Å². The van der Waals surface area contributed by atoms with Gasteiger partial charge in [-0.05, 0) is 20.0 Å². The molecule has 0 fully saturated rings. The van der Waals surface area contributed by atoms with Gasteiger partial charge in [0.2, 0.25) is 0 Å². The highest BCUT2D eigenvalue weighted by atomic mass is 16.5. The molecule has 20 heavy (non-hydrogen) atoms. The molecule has 0 amide bonds. The predicted octanol–water partition coefficient (Wildman–Crippen LogP) is 1.38. The summed E-state index contributed by atoms with van der Waals surface area (Å²) in [6.45, 7) is 12.7. The van der Waals surface area contributed by atoms with Gasteiger partial charge >= 0.3 is 0 Å². The van der Waals surface area contributed by atoms with Crippen LogP contribution in [0.2, 0.25) is 0 Å². The number of ether oxygens (including phenoxy) is 3. The zero-order chi connectivity index (χ0) is 14.9. The normalized spacial score (nSPS) is 11.4. The van der Waals surface area contributed by atoms with Gasteiger partial charge in [0.15, 0.2) is 0 Å². The first-order valence-corrected chi connectivity index (χ1v) is 7.93. The van der Waals surface area contributed by atoms with Gasteiger partial charge in [0.25, 0.3) is 0 Å². The Morgan fingerprint density at radius 2 is 1.40 bits per heavy atom. The Labute approximate surface area is 124 Å². The lowest BCUT2D eigenvalue weighted by atomic mass is 10.4. The van der Waals surface area contributed by atoms with E-state index in [-0.39, 0.29) is 0 Å². The largest absolute Gasteiger partial charge is 0.379 e. The highest BCUT2D eigenvalue weighted by Gasteiger charge is 1.94. The van der Waals surface area contributed by atoms with E-state index in [0.29, 0.717) is 26.4 Å². The van der Waals surface area contributed by atoms with Crippen molar-refractivity contribution in [3.05, 3.63) is 0 Å². The number of nitrogens with one attached hydrogen (secondary N) is 1. The third-order valence-electron chi connectivity index (χ3n) is 3.02. The van der Waals surface area contributed by atoms with E-state index in [1.807, 2.05) is 0 Å². The SMILES string of the molecule is CCCCOCCOCCOCCNCCN(C)CC. The molecule has 1 N–H and O–H groups in total. The summed E-state index contributed by atoms with van der Waals surface area (Å²) in [6.07, 6.45) is 2.31. The van der Waals surface area contributed by atoms with Crippen molar-refractivity contribution in [1.82, 2.24) is 10.2 Å². The van der Waals surface area contributed by atoms with Crippen molar-refractivity contribution in [3.8, 4) is 0 Å². The lowest BCUT2D eigenvalue weighted by Crippen LogP contribution is -2.31. The van der Waals surface area contributed by atoms with Crippen molar-refractivity contribution in [2.45, 2.75) is 26.7 Å². The van der Waals surface area contributed by atoms with Crippen molar-refractivity contribution in [3.63, 3.8) is 0 Å². The highest BCUT2D eigenvalue weighted by Crippen LogP contribution is 1.88. The maximum atomic E-state index is 5.47. The molecule has 0 saturated heterocycles. The van der Waals surface area contributed by atoms with Crippen molar-refractivity contribution in [1.29, 1.82) is 0 Å². The number of nitrogens with zero attached hydrogens (tertiary/aromatic N) is 1. The molecule has 0 atom stereocenters. The molecule has 0 rings (SSSR count). The summed E-state index contributed by atoms with van der Waals surface area (Å²) < 4.78 is 16.3. The number of rotatable bonds is 16. The molecule has 122 valence electrons. The van der Waals surface area contributed by atoms with Crippen LogP contribution in [-0.2, 0) is 14.2 Å². The molecule has 0 radical (unpaired) electrons. The third-order valence-corrected chi connectivity index (χ3v) is 3.02. The van der Waals surface area contributed by atoms with Crippen LogP contribution in [0, 0.1) is 0 Å². The Bertz CT molecular complexity index is 183. The Morgan fingerprint density at radius 1 is 0.800 bits per heavy atom. The lowest BCUT2D eigenvalue weighted by molar-refractivity contribution is 0.0146. The van der Waals surface area contributed by atoms with Crippen molar-refractivity contribution in [2.75, 3.05) is 72.9 Å². The molecule has 0 saturated carbocycles. The minimum absolute atomic E-state index is 0.649. The summed E-state index contributed by atoms with van der Waals surface area (Å²) in [5, 5.41) is 3.35. The second-order valence-electron chi connectivity index (χ2n) is 4.84. The number of hydrogen-bond donors (Lipinski definition) is 1. The quantitative estimate of drug-likeness (QED) is 0.435. The van der Waals surface area contributed by atoms with Gasteiger partial charge in [-0.2, -0.15) is 0 Å². The summed E-state index contributed by atoms with van der Waals surface area (Å²) in [5.41, 5.74) is 0. The third kappa shape index (κ3) is 15.9. The fourth-order valence-corrected chi connectivity index (χ4v) is 1.49. The average Bonchev–Trinajstić information content (AvgIpc) is 2.47. The van der Waals surface area contributed by atoms with Gasteiger partial charge in [0.1, 0.15) is 0 Å². The van der Waals surface area contributed by atoms with E-state index in [1.165, 1.54) is 6.42 Å². The molecular formula is C15H34N2O3. The number of likely N-dealkylation sites (N-methyl/N-ethyl adjacent to an activating group) is 1. The second kappa shape index (κ2) is 16.9. The summed E-state index contributed by atoms with van der Waals surface area (Å²) in [4.78, 5) is 2.28. The topological polar surface area (TPSA) is 43.0 Å². The zero-order valence-corrected chi connectivity index (χ0v) is 13.7. The average molecular weight is 290 g/mol. The smallest absolute Gasteiger partial charge is 0.0701 e. The molecule has 0 aliphatic carbocycles. The summed E-state index contributed by atoms with van der Waals surface area (Å²) in [7, 11) is 2.13. The summed E-state index contributed by atoms with van der Waals surface area (Å²) >= 11 is 0. The summed E-state index contributed by atoms with van der Waals surface area (Å²) in [5.74, 6) is 0. The number of unbranched alkanes of at least 4 members (excludes halogenated alkanes) is 1. The zero-order valence-electron chi connectivity index (χ0n) is 13.7. The molecule has 0 aliphatic heterocycles. The Hall–Kier alpha value is -0.200. The first-order valence-electron chi connectivity index (χ1n) is 7.93. The Balaban J connectivity index is 2.96. The molecule has 0 spiro atoms. The Kier molecular flexibility index (Phi) is 16.7. The minimum Gasteiger partial charge on any atom is -0.379 e. The molecule has 5 heteroatoms. The van der Waals surface area contributed by atoms with Gasteiger partial charge in [0, 0.05) is 26.2 Å². The maximum absolute atomic E-state index is 5.47. The van der Waals surface area contributed by atoms with Crippen LogP contribution < -0.4 is 5.32 Å². The summed E-state index contributed by atoms with van der Waals surface area (Å²) in [6, 6.07) is 0. The minimum atomic E-state index is 0.649. The van der Waals surface area contributed by atoms with E-state index in [4.69, 9.17) is 14.2 Å². The van der Waals surface area contributed by atoms with Crippen LogP contribution in [0.25, 0.3) is 0 Å². The van der Waals surface area contributed by atoms with Crippen molar-refractivity contribution >= 4 is 0 Å². The molecule has 0 aromatic heterocycles. The first kappa shape index (κ1) is 19.8. The van der Waals surface area contributed by atoms with Crippen LogP contribution in [0.15, 0.2) is 0 Å². The van der Waals surface area contributed by atoms with Crippen molar-refractivity contribution in [2.24, 2.45) is 0 Å². The highest BCUT2D eigenvalue weighted by molar-refractivity contribution is 4.52. The molecule has 0 aromatic carbocycles. The van der Waals surface area contributed by atoms with Crippen LogP contribution in [0.5, 0.6) is 0 Å². The molecular weight excluding hydrogens is 256 g/mol. The van der Waals surface area contributed by atoms with Gasteiger partial charge in [-0.3, -0.25) is 0 Å². The molecule has 5 nitrogen and oxygen atoms in total.